The molecule has 1 aromatic carbocycles. The molecule has 2 aliphatic rings. The molecule has 1 N–H and O–H groups in total. The van der Waals surface area contributed by atoms with Crippen LogP contribution in [0.3, 0.4) is 0 Å². The largest absolute Gasteiger partial charge is 0.380 e. The Balaban J connectivity index is 1.52. The van der Waals surface area contributed by atoms with Crippen LogP contribution in [-0.4, -0.2) is 29.3 Å². The minimum Gasteiger partial charge on any atom is -0.380 e. The minimum atomic E-state index is -2.78. The SMILES string of the molecule is O=C(N[C@@H]1CCc2cc(-c3noc(C(F)F)n3)ccc21)C1COC1. The van der Waals surface area contributed by atoms with Crippen LogP contribution in [0.25, 0.3) is 11.4 Å². The van der Waals surface area contributed by atoms with Gasteiger partial charge in [0.1, 0.15) is 0 Å². The third kappa shape index (κ3) is 2.66. The van der Waals surface area contributed by atoms with Gasteiger partial charge >= 0.3 is 6.43 Å². The average Bonchev–Trinajstić information content (AvgIpc) is 3.12. The summed E-state index contributed by atoms with van der Waals surface area (Å²) in [6.45, 7) is 0.962. The second-order valence-electron chi connectivity index (χ2n) is 6.00. The molecule has 1 aliphatic carbocycles. The van der Waals surface area contributed by atoms with E-state index in [1.807, 2.05) is 12.1 Å². The number of alkyl halides is 2. The van der Waals surface area contributed by atoms with Gasteiger partial charge in [-0.05, 0) is 30.0 Å². The Morgan fingerprint density at radius 3 is 2.83 bits per heavy atom. The highest BCUT2D eigenvalue weighted by molar-refractivity contribution is 5.80. The van der Waals surface area contributed by atoms with Gasteiger partial charge in [-0.25, -0.2) is 0 Å². The van der Waals surface area contributed by atoms with E-state index in [1.54, 1.807) is 6.07 Å². The lowest BCUT2D eigenvalue weighted by Gasteiger charge is -2.26. The molecule has 1 saturated heterocycles. The predicted molar refractivity (Wildman–Crippen MR) is 78.2 cm³/mol. The van der Waals surface area contributed by atoms with Crippen molar-refractivity contribution in [2.75, 3.05) is 13.2 Å². The van der Waals surface area contributed by atoms with Gasteiger partial charge in [0.2, 0.25) is 11.7 Å². The zero-order valence-corrected chi connectivity index (χ0v) is 12.7. The number of nitrogens with one attached hydrogen (secondary N) is 1. The Hall–Kier alpha value is -2.35. The minimum absolute atomic E-state index is 0.0166. The highest BCUT2D eigenvalue weighted by Crippen LogP contribution is 2.34. The topological polar surface area (TPSA) is 77.3 Å². The fourth-order valence-corrected chi connectivity index (χ4v) is 3.02. The monoisotopic (exact) mass is 335 g/mol. The summed E-state index contributed by atoms with van der Waals surface area (Å²) in [4.78, 5) is 15.8. The molecule has 1 amide bonds. The van der Waals surface area contributed by atoms with Crippen molar-refractivity contribution in [2.24, 2.45) is 5.92 Å². The molecule has 6 nitrogen and oxygen atoms in total. The quantitative estimate of drug-likeness (QED) is 0.928. The molecule has 4 rings (SSSR count). The van der Waals surface area contributed by atoms with Crippen LogP contribution in [0.4, 0.5) is 8.78 Å². The number of hydrogen-bond acceptors (Lipinski definition) is 5. The van der Waals surface area contributed by atoms with Gasteiger partial charge in [0.15, 0.2) is 0 Å². The predicted octanol–water partition coefficient (Wildman–Crippen LogP) is 2.42. The maximum atomic E-state index is 12.5. The molecule has 2 aromatic rings. The van der Waals surface area contributed by atoms with Crippen molar-refractivity contribution >= 4 is 5.91 Å². The van der Waals surface area contributed by atoms with Gasteiger partial charge in [0.25, 0.3) is 5.89 Å². The van der Waals surface area contributed by atoms with Crippen LogP contribution in [-0.2, 0) is 16.0 Å². The second-order valence-corrected chi connectivity index (χ2v) is 6.00. The van der Waals surface area contributed by atoms with E-state index in [9.17, 15) is 13.6 Å². The van der Waals surface area contributed by atoms with Crippen molar-refractivity contribution in [3.63, 3.8) is 0 Å². The Bertz CT molecular complexity index is 774. The Morgan fingerprint density at radius 2 is 2.17 bits per heavy atom. The van der Waals surface area contributed by atoms with Crippen LogP contribution >= 0.6 is 0 Å². The zero-order valence-electron chi connectivity index (χ0n) is 12.7. The lowest BCUT2D eigenvalue weighted by atomic mass is 10.0. The molecule has 1 aromatic heterocycles. The molecule has 24 heavy (non-hydrogen) atoms. The first kappa shape index (κ1) is 15.2. The summed E-state index contributed by atoms with van der Waals surface area (Å²) in [5.74, 6) is -0.575. The molecular formula is C16H15F2N3O3. The van der Waals surface area contributed by atoms with Gasteiger partial charge < -0.3 is 14.6 Å². The number of hydrogen-bond donors (Lipinski definition) is 1. The van der Waals surface area contributed by atoms with Crippen molar-refractivity contribution in [3.8, 4) is 11.4 Å². The van der Waals surface area contributed by atoms with E-state index in [0.717, 1.165) is 24.0 Å². The summed E-state index contributed by atoms with van der Waals surface area (Å²) < 4.78 is 34.7. The third-order valence-corrected chi connectivity index (χ3v) is 4.43. The molecule has 126 valence electrons. The molecule has 1 aliphatic heterocycles. The lowest BCUT2D eigenvalue weighted by molar-refractivity contribution is -0.139. The first-order valence-electron chi connectivity index (χ1n) is 7.75. The maximum absolute atomic E-state index is 12.5. The standard InChI is InChI=1S/C16H15F2N3O3/c17-13(18)16-20-14(21-24-16)9-1-3-11-8(5-9)2-4-12(11)19-15(22)10-6-23-7-10/h1,3,5,10,12-13H,2,4,6-7H2,(H,19,22)/t12-/m1/s1. The number of nitrogens with zero attached hydrogens (tertiary/aromatic N) is 2. The number of aryl methyl sites for hydroxylation is 1. The number of fused-ring (bicyclic) bond motifs is 1. The Morgan fingerprint density at radius 1 is 1.33 bits per heavy atom. The Labute approximate surface area is 136 Å². The smallest absolute Gasteiger partial charge is 0.315 e. The zero-order chi connectivity index (χ0) is 16.7. The molecule has 0 unspecified atom stereocenters. The summed E-state index contributed by atoms with van der Waals surface area (Å²) >= 11 is 0. The number of carbonyl (C=O) groups excluding carboxylic acids is 1. The van der Waals surface area contributed by atoms with E-state index in [4.69, 9.17) is 4.74 Å². The van der Waals surface area contributed by atoms with E-state index in [-0.39, 0.29) is 23.7 Å². The van der Waals surface area contributed by atoms with Gasteiger partial charge in [-0.15, -0.1) is 0 Å². The van der Waals surface area contributed by atoms with Crippen LogP contribution in [0, 0.1) is 5.92 Å². The van der Waals surface area contributed by atoms with Gasteiger partial charge in [-0.2, -0.15) is 13.8 Å². The summed E-state index contributed by atoms with van der Waals surface area (Å²) in [5.41, 5.74) is 2.74. The maximum Gasteiger partial charge on any atom is 0.315 e. The van der Waals surface area contributed by atoms with Crippen LogP contribution in [0.5, 0.6) is 0 Å². The van der Waals surface area contributed by atoms with Crippen LogP contribution in [0.1, 0.15) is 35.9 Å². The van der Waals surface area contributed by atoms with Crippen LogP contribution in [0.15, 0.2) is 22.7 Å². The van der Waals surface area contributed by atoms with E-state index in [1.165, 1.54) is 0 Å². The van der Waals surface area contributed by atoms with Crippen molar-refractivity contribution in [1.29, 1.82) is 0 Å². The summed E-state index contributed by atoms with van der Waals surface area (Å²) in [5, 5.41) is 6.64. The first-order chi connectivity index (χ1) is 11.6. The van der Waals surface area contributed by atoms with Gasteiger partial charge in [-0.3, -0.25) is 4.79 Å². The number of amides is 1. The van der Waals surface area contributed by atoms with Crippen molar-refractivity contribution in [1.82, 2.24) is 15.5 Å². The summed E-state index contributed by atoms with van der Waals surface area (Å²) in [6.07, 6.45) is -1.17. The fourth-order valence-electron chi connectivity index (χ4n) is 3.02. The van der Waals surface area contributed by atoms with E-state index >= 15 is 0 Å². The van der Waals surface area contributed by atoms with E-state index in [0.29, 0.717) is 18.8 Å². The van der Waals surface area contributed by atoms with E-state index in [2.05, 4.69) is 20.0 Å². The fraction of sp³-hybridized carbons (Fsp3) is 0.438. The lowest BCUT2D eigenvalue weighted by Crippen LogP contribution is -2.43. The Kier molecular flexibility index (Phi) is 3.76. The molecule has 0 saturated carbocycles. The van der Waals surface area contributed by atoms with Gasteiger partial charge in [-0.1, -0.05) is 17.3 Å². The first-order valence-corrected chi connectivity index (χ1v) is 7.75. The van der Waals surface area contributed by atoms with E-state index < -0.39 is 12.3 Å². The normalized spacial score (nSPS) is 20.0. The number of ether oxygens (including phenoxy) is 1. The van der Waals surface area contributed by atoms with Gasteiger partial charge in [0.05, 0.1) is 25.2 Å². The van der Waals surface area contributed by atoms with Gasteiger partial charge in [0, 0.05) is 5.56 Å². The highest BCUT2D eigenvalue weighted by Gasteiger charge is 2.31. The molecule has 8 heteroatoms. The van der Waals surface area contributed by atoms with Crippen LogP contribution < -0.4 is 5.32 Å². The third-order valence-electron chi connectivity index (χ3n) is 4.43. The molecular weight excluding hydrogens is 320 g/mol. The average molecular weight is 335 g/mol. The summed E-state index contributed by atoms with van der Waals surface area (Å²) in [7, 11) is 0. The number of benzene rings is 1. The summed E-state index contributed by atoms with van der Waals surface area (Å²) in [6, 6.07) is 5.49. The van der Waals surface area contributed by atoms with Crippen molar-refractivity contribution in [2.45, 2.75) is 25.3 Å². The number of aromatic nitrogens is 2. The highest BCUT2D eigenvalue weighted by atomic mass is 19.3. The molecule has 2 heterocycles. The molecule has 0 radical (unpaired) electrons. The number of carbonyl (C=O) groups is 1. The van der Waals surface area contributed by atoms with Crippen molar-refractivity contribution < 1.29 is 22.8 Å². The second kappa shape index (κ2) is 5.94. The van der Waals surface area contributed by atoms with Crippen LogP contribution in [0.2, 0.25) is 0 Å². The van der Waals surface area contributed by atoms with Crippen molar-refractivity contribution in [3.05, 3.63) is 35.2 Å². The molecule has 0 bridgehead atoms. The molecule has 1 fully saturated rings. The molecule has 0 spiro atoms. The number of halogens is 2. The number of rotatable bonds is 4. The molecule has 1 atom stereocenters.